The number of esters is 1. The Labute approximate surface area is 190 Å². The lowest BCUT2D eigenvalue weighted by Crippen LogP contribution is -2.28. The fourth-order valence-electron chi connectivity index (χ4n) is 2.48. The minimum absolute atomic E-state index is 0.0220. The molecule has 13 heteroatoms. The molecule has 0 saturated heterocycles. The first-order valence-electron chi connectivity index (χ1n) is 9.28. The molecule has 0 radical (unpaired) electrons. The van der Waals surface area contributed by atoms with Crippen LogP contribution >= 0.6 is 12.3 Å². The molecule has 1 aromatic heterocycles. The van der Waals surface area contributed by atoms with Gasteiger partial charge in [-0.2, -0.15) is 0 Å². The molecule has 0 spiro atoms. The van der Waals surface area contributed by atoms with Crippen molar-refractivity contribution in [2.45, 2.75) is 20.2 Å². The van der Waals surface area contributed by atoms with Crippen LogP contribution in [0.1, 0.15) is 45.2 Å². The maximum Gasteiger partial charge on any atom is 0.550 e. The van der Waals surface area contributed by atoms with Crippen molar-refractivity contribution in [3.05, 3.63) is 47.3 Å². The van der Waals surface area contributed by atoms with Crippen molar-refractivity contribution in [1.82, 2.24) is 10.3 Å². The summed E-state index contributed by atoms with van der Waals surface area (Å²) in [6, 6.07) is 6.72. The van der Waals surface area contributed by atoms with Crippen molar-refractivity contribution >= 4 is 30.5 Å². The fraction of sp³-hybridized carbons (Fsp3) is 0.300. The van der Waals surface area contributed by atoms with E-state index in [1.54, 1.807) is 0 Å². The number of hydrogen-bond acceptors (Lipinski definition) is 9. The maximum absolute atomic E-state index is 12.3. The summed E-state index contributed by atoms with van der Waals surface area (Å²) in [5.41, 5.74) is 0.235. The molecule has 0 aliphatic rings. The highest BCUT2D eigenvalue weighted by atomic mass is 32.2. The summed E-state index contributed by atoms with van der Waals surface area (Å²) in [5.74, 6) is -1.16. The van der Waals surface area contributed by atoms with Crippen molar-refractivity contribution in [2.24, 2.45) is 5.92 Å². The summed E-state index contributed by atoms with van der Waals surface area (Å²) in [6.45, 7) is 4.24. The van der Waals surface area contributed by atoms with Gasteiger partial charge >= 0.3 is 12.3 Å². The fourth-order valence-corrected chi connectivity index (χ4v) is 2.80. The lowest BCUT2D eigenvalue weighted by molar-refractivity contribution is -0.441. The third-order valence-electron chi connectivity index (χ3n) is 3.90. The predicted octanol–water partition coefficient (Wildman–Crippen LogP) is 4.14. The third-order valence-corrected chi connectivity index (χ3v) is 4.29. The van der Waals surface area contributed by atoms with Gasteiger partial charge in [-0.1, -0.05) is 13.8 Å². The van der Waals surface area contributed by atoms with Gasteiger partial charge in [0, 0.05) is 17.7 Å². The molecular formula is C20H19F3N2O7S. The average Bonchev–Trinajstić information content (AvgIpc) is 2.78. The molecule has 1 aromatic carbocycles. The smallest absolute Gasteiger partial charge is 0.464 e. The van der Waals surface area contributed by atoms with E-state index < -0.39 is 18.2 Å². The minimum Gasteiger partial charge on any atom is -0.464 e. The Kier molecular flexibility index (Phi) is 9.20. The number of halogens is 3. The van der Waals surface area contributed by atoms with Crippen LogP contribution in [0.15, 0.2) is 30.3 Å². The van der Waals surface area contributed by atoms with Gasteiger partial charge in [0.05, 0.1) is 7.11 Å². The van der Waals surface area contributed by atoms with Crippen LogP contribution in [0.5, 0.6) is 5.75 Å². The number of rotatable bonds is 10. The number of carbonyl (C=O) groups is 3. The first kappa shape index (κ1) is 26.1. The highest BCUT2D eigenvalue weighted by molar-refractivity contribution is 7.90. The van der Waals surface area contributed by atoms with Crippen molar-refractivity contribution in [1.29, 1.82) is 0 Å². The average molecular weight is 488 g/mol. The van der Waals surface area contributed by atoms with Crippen LogP contribution in [-0.2, 0) is 14.0 Å². The first-order valence-corrected chi connectivity index (χ1v) is 9.95. The van der Waals surface area contributed by atoms with Gasteiger partial charge in [-0.3, -0.25) is 9.59 Å². The second-order valence-electron chi connectivity index (χ2n) is 6.80. The molecule has 0 aliphatic carbocycles. The van der Waals surface area contributed by atoms with E-state index in [0.717, 1.165) is 7.11 Å². The summed E-state index contributed by atoms with van der Waals surface area (Å²) in [7, 11) is 1.14. The molecular weight excluding hydrogens is 469 g/mol. The Balaban J connectivity index is 2.32. The number of aromatic nitrogens is 1. The van der Waals surface area contributed by atoms with Crippen LogP contribution in [0.3, 0.4) is 0 Å². The Morgan fingerprint density at radius 1 is 1.18 bits per heavy atom. The zero-order valence-electron chi connectivity index (χ0n) is 17.6. The molecule has 0 fully saturated rings. The molecule has 33 heavy (non-hydrogen) atoms. The highest BCUT2D eigenvalue weighted by Gasteiger charge is 2.32. The van der Waals surface area contributed by atoms with E-state index in [1.807, 2.05) is 13.8 Å². The SMILES string of the molecule is COC(=O)c1nc(C(=O)NCC(C)C)ccc1-c1ccc(OSOOC(F)(F)F)cc1C=O. The van der Waals surface area contributed by atoms with Crippen LogP contribution in [0.4, 0.5) is 13.2 Å². The Morgan fingerprint density at radius 2 is 1.88 bits per heavy atom. The van der Waals surface area contributed by atoms with E-state index in [2.05, 4.69) is 19.5 Å². The van der Waals surface area contributed by atoms with Crippen molar-refractivity contribution < 1.29 is 45.7 Å². The van der Waals surface area contributed by atoms with Crippen molar-refractivity contribution in [3.8, 4) is 16.9 Å². The molecule has 178 valence electrons. The second kappa shape index (κ2) is 11.6. The zero-order chi connectivity index (χ0) is 24.6. The maximum atomic E-state index is 12.3. The van der Waals surface area contributed by atoms with Gasteiger partial charge in [0.2, 0.25) is 0 Å². The topological polar surface area (TPSA) is 113 Å². The number of methoxy groups -OCH3 is 1. The van der Waals surface area contributed by atoms with Crippen LogP contribution in [0.2, 0.25) is 0 Å². The normalized spacial score (nSPS) is 11.2. The monoisotopic (exact) mass is 488 g/mol. The summed E-state index contributed by atoms with van der Waals surface area (Å²) < 4.78 is 49.1. The third kappa shape index (κ3) is 7.73. The first-order chi connectivity index (χ1) is 15.6. The molecule has 0 aliphatic heterocycles. The van der Waals surface area contributed by atoms with Gasteiger partial charge < -0.3 is 14.2 Å². The minimum atomic E-state index is -5.01. The number of hydrogen-bond donors (Lipinski definition) is 1. The standard InChI is InChI=1S/C20H19F3N2O7S/c1-11(2)9-24-18(27)16-7-6-15(17(25-16)19(28)29-3)14-5-4-13(8-12(14)10-26)30-33-32-31-20(21,22)23/h4-8,10-11H,9H2,1-3H3,(H,24,27). The molecule has 1 heterocycles. The molecule has 2 rings (SSSR count). The Hall–Kier alpha value is -3.16. The lowest BCUT2D eigenvalue weighted by atomic mass is 9.98. The zero-order valence-corrected chi connectivity index (χ0v) is 18.4. The number of ether oxygens (including phenoxy) is 1. The number of pyridine rings is 1. The van der Waals surface area contributed by atoms with Gasteiger partial charge in [0.1, 0.15) is 11.4 Å². The number of carbonyl (C=O) groups excluding carboxylic acids is 3. The second-order valence-corrected chi connectivity index (χ2v) is 7.24. The quantitative estimate of drug-likeness (QED) is 0.132. The number of amides is 1. The summed E-state index contributed by atoms with van der Waals surface area (Å²) in [4.78, 5) is 43.4. The highest BCUT2D eigenvalue weighted by Crippen LogP contribution is 2.31. The Bertz CT molecular complexity index is 1020. The largest absolute Gasteiger partial charge is 0.550 e. The summed E-state index contributed by atoms with van der Waals surface area (Å²) >= 11 is -0.112. The van der Waals surface area contributed by atoms with E-state index in [4.69, 9.17) is 8.92 Å². The van der Waals surface area contributed by atoms with Gasteiger partial charge in [0.25, 0.3) is 18.2 Å². The summed E-state index contributed by atoms with van der Waals surface area (Å²) in [6.07, 6.45) is -4.56. The molecule has 0 saturated carbocycles. The van der Waals surface area contributed by atoms with E-state index >= 15 is 0 Å². The molecule has 0 atom stereocenters. The van der Waals surface area contributed by atoms with Crippen LogP contribution in [0.25, 0.3) is 11.1 Å². The molecule has 0 bridgehead atoms. The van der Waals surface area contributed by atoms with E-state index in [0.29, 0.717) is 12.8 Å². The number of benzene rings is 1. The number of aldehydes is 1. The number of nitrogens with one attached hydrogen (secondary N) is 1. The molecule has 1 amide bonds. The van der Waals surface area contributed by atoms with E-state index in [1.165, 1.54) is 30.3 Å². The van der Waals surface area contributed by atoms with E-state index in [9.17, 15) is 27.6 Å². The molecule has 1 N–H and O–H groups in total. The van der Waals surface area contributed by atoms with Gasteiger partial charge in [-0.15, -0.1) is 22.4 Å². The summed E-state index contributed by atoms with van der Waals surface area (Å²) in [5, 5.41) is 2.68. The lowest BCUT2D eigenvalue weighted by Gasteiger charge is -2.13. The predicted molar refractivity (Wildman–Crippen MR) is 110 cm³/mol. The van der Waals surface area contributed by atoms with Crippen molar-refractivity contribution in [2.75, 3.05) is 13.7 Å². The van der Waals surface area contributed by atoms with Crippen LogP contribution in [0, 0.1) is 5.92 Å². The molecule has 9 nitrogen and oxygen atoms in total. The van der Waals surface area contributed by atoms with Crippen molar-refractivity contribution in [3.63, 3.8) is 0 Å². The molecule has 2 aromatic rings. The van der Waals surface area contributed by atoms with Gasteiger partial charge in [-0.25, -0.2) is 9.78 Å². The van der Waals surface area contributed by atoms with Crippen LogP contribution < -0.4 is 9.50 Å². The van der Waals surface area contributed by atoms with Gasteiger partial charge in [-0.05, 0) is 41.8 Å². The van der Waals surface area contributed by atoms with Gasteiger partial charge in [0.15, 0.2) is 12.0 Å². The van der Waals surface area contributed by atoms with Crippen LogP contribution in [-0.4, -0.2) is 43.2 Å². The number of alkyl halides is 3. The molecule has 0 unspecified atom stereocenters. The number of nitrogens with zero attached hydrogens (tertiary/aromatic N) is 1. The Morgan fingerprint density at radius 3 is 2.48 bits per heavy atom. The van der Waals surface area contributed by atoms with E-state index in [-0.39, 0.29) is 52.1 Å².